The SMILES string of the molecule is CCC(C)(C(=O)OC1COC(=O)C1)C(C)(CC)C(=O)OC1(C)CCOC(=O)C1. The number of hydrogen-bond acceptors (Lipinski definition) is 8. The van der Waals surface area contributed by atoms with Crippen molar-refractivity contribution >= 4 is 23.9 Å². The third-order valence-corrected chi connectivity index (χ3v) is 6.38. The van der Waals surface area contributed by atoms with Crippen molar-refractivity contribution in [1.82, 2.24) is 0 Å². The molecule has 158 valence electrons. The molecule has 0 aromatic rings. The van der Waals surface area contributed by atoms with Crippen LogP contribution in [0.1, 0.15) is 66.7 Å². The van der Waals surface area contributed by atoms with Gasteiger partial charge in [0.2, 0.25) is 0 Å². The highest BCUT2D eigenvalue weighted by molar-refractivity contribution is 5.88. The molecule has 2 fully saturated rings. The molecule has 0 bridgehead atoms. The fourth-order valence-corrected chi connectivity index (χ4v) is 3.62. The number of esters is 4. The Bertz CT molecular complexity index is 659. The lowest BCUT2D eigenvalue weighted by molar-refractivity contribution is -0.197. The quantitative estimate of drug-likeness (QED) is 0.475. The van der Waals surface area contributed by atoms with E-state index < -0.39 is 46.4 Å². The smallest absolute Gasteiger partial charge is 0.313 e. The Morgan fingerprint density at radius 2 is 1.68 bits per heavy atom. The van der Waals surface area contributed by atoms with Crippen molar-refractivity contribution in [2.75, 3.05) is 13.2 Å². The van der Waals surface area contributed by atoms with E-state index in [1.807, 2.05) is 6.92 Å². The molecule has 8 heteroatoms. The molecule has 4 unspecified atom stereocenters. The van der Waals surface area contributed by atoms with Crippen molar-refractivity contribution in [2.45, 2.75) is 78.4 Å². The average Bonchev–Trinajstić information content (AvgIpc) is 3.04. The summed E-state index contributed by atoms with van der Waals surface area (Å²) in [6, 6.07) is 0. The van der Waals surface area contributed by atoms with Crippen LogP contribution in [0.25, 0.3) is 0 Å². The number of carbonyl (C=O) groups excluding carboxylic acids is 4. The lowest BCUT2D eigenvalue weighted by Gasteiger charge is -2.44. The molecule has 2 aliphatic heterocycles. The molecule has 2 saturated heterocycles. The van der Waals surface area contributed by atoms with E-state index in [9.17, 15) is 19.2 Å². The first kappa shape index (κ1) is 22.2. The maximum absolute atomic E-state index is 13.2. The minimum absolute atomic E-state index is 0.0129. The highest BCUT2D eigenvalue weighted by Crippen LogP contribution is 2.48. The molecule has 28 heavy (non-hydrogen) atoms. The topological polar surface area (TPSA) is 105 Å². The number of rotatable bonds is 7. The number of ether oxygens (including phenoxy) is 4. The van der Waals surface area contributed by atoms with Crippen molar-refractivity contribution in [3.8, 4) is 0 Å². The summed E-state index contributed by atoms with van der Waals surface area (Å²) in [5, 5.41) is 0. The van der Waals surface area contributed by atoms with Gasteiger partial charge in [0, 0.05) is 6.42 Å². The third kappa shape index (κ3) is 4.15. The van der Waals surface area contributed by atoms with E-state index in [-0.39, 0.29) is 26.1 Å². The van der Waals surface area contributed by atoms with Gasteiger partial charge < -0.3 is 18.9 Å². The summed E-state index contributed by atoms with van der Waals surface area (Å²) < 4.78 is 21.0. The van der Waals surface area contributed by atoms with E-state index in [0.717, 1.165) is 0 Å². The number of hydrogen-bond donors (Lipinski definition) is 0. The summed E-state index contributed by atoms with van der Waals surface area (Å²) in [7, 11) is 0. The number of carbonyl (C=O) groups is 4. The van der Waals surface area contributed by atoms with Crippen LogP contribution in [0.15, 0.2) is 0 Å². The van der Waals surface area contributed by atoms with Crippen LogP contribution in [0.4, 0.5) is 0 Å². The molecule has 2 aliphatic rings. The van der Waals surface area contributed by atoms with Crippen LogP contribution in [-0.4, -0.2) is 48.8 Å². The van der Waals surface area contributed by atoms with E-state index in [2.05, 4.69) is 0 Å². The molecular weight excluding hydrogens is 368 g/mol. The molecule has 0 N–H and O–H groups in total. The van der Waals surface area contributed by atoms with Crippen molar-refractivity contribution in [3.05, 3.63) is 0 Å². The molecule has 0 aromatic carbocycles. The van der Waals surface area contributed by atoms with Crippen molar-refractivity contribution in [2.24, 2.45) is 10.8 Å². The predicted molar refractivity (Wildman–Crippen MR) is 96.9 cm³/mol. The summed E-state index contributed by atoms with van der Waals surface area (Å²) in [6.07, 6.45) is 0.428. The van der Waals surface area contributed by atoms with Gasteiger partial charge in [0.1, 0.15) is 18.3 Å². The van der Waals surface area contributed by atoms with E-state index in [1.165, 1.54) is 0 Å². The van der Waals surface area contributed by atoms with Crippen LogP contribution in [-0.2, 0) is 38.1 Å². The second-order valence-electron chi connectivity index (χ2n) is 8.27. The van der Waals surface area contributed by atoms with Gasteiger partial charge in [-0.3, -0.25) is 19.2 Å². The van der Waals surface area contributed by atoms with Gasteiger partial charge >= 0.3 is 23.9 Å². The fraction of sp³-hybridized carbons (Fsp3) is 0.800. The van der Waals surface area contributed by atoms with Gasteiger partial charge in [-0.25, -0.2) is 0 Å². The molecule has 0 aliphatic carbocycles. The highest BCUT2D eigenvalue weighted by Gasteiger charge is 2.56. The standard InChI is InChI=1S/C20H30O8/c1-6-19(4,16(23)27-13-10-14(21)26-12-13)20(5,7-2)17(24)28-18(3)8-9-25-15(22)11-18/h13H,6-12H2,1-5H3. The maximum atomic E-state index is 13.2. The van der Waals surface area contributed by atoms with Gasteiger partial charge in [-0.1, -0.05) is 13.8 Å². The lowest BCUT2D eigenvalue weighted by atomic mass is 9.62. The second kappa shape index (κ2) is 8.09. The average molecular weight is 398 g/mol. The van der Waals surface area contributed by atoms with Gasteiger partial charge in [-0.2, -0.15) is 0 Å². The van der Waals surface area contributed by atoms with Crippen LogP contribution in [0, 0.1) is 10.8 Å². The minimum Gasteiger partial charge on any atom is -0.465 e. The first-order valence-electron chi connectivity index (χ1n) is 9.75. The minimum atomic E-state index is -1.17. The normalized spacial score (nSPS) is 29.1. The van der Waals surface area contributed by atoms with Crippen LogP contribution in [0.2, 0.25) is 0 Å². The summed E-state index contributed by atoms with van der Waals surface area (Å²) in [5.74, 6) is -1.94. The molecular formula is C20H30O8. The van der Waals surface area contributed by atoms with Gasteiger partial charge in [-0.15, -0.1) is 0 Å². The van der Waals surface area contributed by atoms with Gasteiger partial charge in [0.05, 0.1) is 30.3 Å². The summed E-state index contributed by atoms with van der Waals surface area (Å²) in [4.78, 5) is 49.1. The molecule has 0 amide bonds. The predicted octanol–water partition coefficient (Wildman–Crippen LogP) is 2.32. The van der Waals surface area contributed by atoms with Gasteiger partial charge in [0.15, 0.2) is 0 Å². The summed E-state index contributed by atoms with van der Waals surface area (Å²) >= 11 is 0. The van der Waals surface area contributed by atoms with E-state index >= 15 is 0 Å². The van der Waals surface area contributed by atoms with Crippen LogP contribution in [0.5, 0.6) is 0 Å². The summed E-state index contributed by atoms with van der Waals surface area (Å²) in [6.45, 7) is 8.88. The molecule has 8 nitrogen and oxygen atoms in total. The van der Waals surface area contributed by atoms with Crippen molar-refractivity contribution in [3.63, 3.8) is 0 Å². The van der Waals surface area contributed by atoms with Gasteiger partial charge in [-0.05, 0) is 33.6 Å². The maximum Gasteiger partial charge on any atom is 0.313 e. The van der Waals surface area contributed by atoms with E-state index in [0.29, 0.717) is 19.3 Å². The Kier molecular flexibility index (Phi) is 6.41. The Labute approximate surface area is 165 Å². The highest BCUT2D eigenvalue weighted by atomic mass is 16.6. The van der Waals surface area contributed by atoms with Crippen molar-refractivity contribution in [1.29, 1.82) is 0 Å². The molecule has 4 atom stereocenters. The number of cyclic esters (lactones) is 2. The molecule has 2 heterocycles. The third-order valence-electron chi connectivity index (χ3n) is 6.38. The second-order valence-corrected chi connectivity index (χ2v) is 8.27. The molecule has 0 spiro atoms. The van der Waals surface area contributed by atoms with Gasteiger partial charge in [0.25, 0.3) is 0 Å². The molecule has 0 aromatic heterocycles. The molecule has 2 rings (SSSR count). The molecule has 0 saturated carbocycles. The zero-order valence-electron chi connectivity index (χ0n) is 17.3. The lowest BCUT2D eigenvalue weighted by Crippen LogP contribution is -2.53. The van der Waals surface area contributed by atoms with Crippen LogP contribution >= 0.6 is 0 Å². The largest absolute Gasteiger partial charge is 0.465 e. The van der Waals surface area contributed by atoms with Crippen LogP contribution in [0.3, 0.4) is 0 Å². The van der Waals surface area contributed by atoms with Crippen molar-refractivity contribution < 1.29 is 38.1 Å². The van der Waals surface area contributed by atoms with E-state index in [4.69, 9.17) is 18.9 Å². The first-order valence-corrected chi connectivity index (χ1v) is 9.75. The molecule has 0 radical (unpaired) electrons. The van der Waals surface area contributed by atoms with E-state index in [1.54, 1.807) is 27.7 Å². The zero-order valence-corrected chi connectivity index (χ0v) is 17.3. The Hall–Kier alpha value is -2.12. The Balaban J connectivity index is 2.21. The monoisotopic (exact) mass is 398 g/mol. The Morgan fingerprint density at radius 3 is 2.18 bits per heavy atom. The summed E-state index contributed by atoms with van der Waals surface area (Å²) in [5.41, 5.74) is -3.31. The first-order chi connectivity index (χ1) is 13.0. The zero-order chi connectivity index (χ0) is 21.2. The van der Waals surface area contributed by atoms with Crippen LogP contribution < -0.4 is 0 Å². The fourth-order valence-electron chi connectivity index (χ4n) is 3.62. The Morgan fingerprint density at radius 1 is 1.07 bits per heavy atom.